The number of nitriles is 1. The molecule has 5 nitrogen and oxygen atoms in total. The Morgan fingerprint density at radius 2 is 2.23 bits per heavy atom. The molecule has 0 aliphatic heterocycles. The van der Waals surface area contributed by atoms with E-state index in [-0.39, 0.29) is 11.6 Å². The standard InChI is InChI=1S/C8H6N4O/c9-3-5-7-4(1-2-12-5)6(10)8(11)13-7/h1-2H,10-11H2. The Balaban J connectivity index is 2.95. The predicted octanol–water partition coefficient (Wildman–Crippen LogP) is 0.864. The molecule has 0 amide bonds. The Hall–Kier alpha value is -2.22. The van der Waals surface area contributed by atoms with E-state index in [1.807, 2.05) is 6.07 Å². The summed E-state index contributed by atoms with van der Waals surface area (Å²) in [6.45, 7) is 0. The molecule has 0 bridgehead atoms. The number of anilines is 2. The summed E-state index contributed by atoms with van der Waals surface area (Å²) in [5.41, 5.74) is 12.0. The lowest BCUT2D eigenvalue weighted by Crippen LogP contribution is -1.89. The maximum Gasteiger partial charge on any atom is 0.215 e. The third kappa shape index (κ3) is 0.891. The first kappa shape index (κ1) is 7.43. The van der Waals surface area contributed by atoms with E-state index in [4.69, 9.17) is 21.1 Å². The van der Waals surface area contributed by atoms with Crippen LogP contribution in [0.2, 0.25) is 0 Å². The van der Waals surface area contributed by atoms with Crippen LogP contribution in [0.1, 0.15) is 5.69 Å². The van der Waals surface area contributed by atoms with Crippen molar-refractivity contribution < 1.29 is 4.42 Å². The van der Waals surface area contributed by atoms with Crippen molar-refractivity contribution in [2.75, 3.05) is 11.5 Å². The molecule has 0 unspecified atom stereocenters. The highest BCUT2D eigenvalue weighted by atomic mass is 16.3. The van der Waals surface area contributed by atoms with E-state index < -0.39 is 0 Å². The SMILES string of the molecule is N#Cc1nccc2c(N)c(N)oc12. The van der Waals surface area contributed by atoms with Crippen LogP contribution in [0, 0.1) is 11.3 Å². The molecule has 0 atom stereocenters. The summed E-state index contributed by atoms with van der Waals surface area (Å²) in [6, 6.07) is 3.55. The molecule has 2 rings (SSSR count). The van der Waals surface area contributed by atoms with E-state index in [9.17, 15) is 0 Å². The first-order valence-electron chi connectivity index (χ1n) is 3.56. The minimum Gasteiger partial charge on any atom is -0.436 e. The summed E-state index contributed by atoms with van der Waals surface area (Å²) >= 11 is 0. The van der Waals surface area contributed by atoms with Gasteiger partial charge in [0.05, 0.1) is 5.39 Å². The van der Waals surface area contributed by atoms with Gasteiger partial charge in [-0.2, -0.15) is 5.26 Å². The normalized spacial score (nSPS) is 10.1. The second-order valence-corrected chi connectivity index (χ2v) is 2.53. The molecule has 4 N–H and O–H groups in total. The van der Waals surface area contributed by atoms with Crippen LogP contribution < -0.4 is 11.5 Å². The van der Waals surface area contributed by atoms with Crippen molar-refractivity contribution in [1.82, 2.24) is 4.98 Å². The molecule has 2 heterocycles. The largest absolute Gasteiger partial charge is 0.436 e. The van der Waals surface area contributed by atoms with Gasteiger partial charge in [-0.3, -0.25) is 0 Å². The number of rotatable bonds is 0. The van der Waals surface area contributed by atoms with Gasteiger partial charge in [-0.25, -0.2) is 4.98 Å². The number of nitrogens with zero attached hydrogens (tertiary/aromatic N) is 2. The maximum atomic E-state index is 8.68. The molecule has 0 spiro atoms. The lowest BCUT2D eigenvalue weighted by Gasteiger charge is -1.88. The smallest absolute Gasteiger partial charge is 0.215 e. The molecule has 0 fully saturated rings. The van der Waals surface area contributed by atoms with Crippen LogP contribution >= 0.6 is 0 Å². The van der Waals surface area contributed by atoms with Gasteiger partial charge in [0.25, 0.3) is 0 Å². The summed E-state index contributed by atoms with van der Waals surface area (Å²) in [4.78, 5) is 3.81. The molecule has 5 heteroatoms. The van der Waals surface area contributed by atoms with Crippen LogP contribution in [0.15, 0.2) is 16.7 Å². The lowest BCUT2D eigenvalue weighted by atomic mass is 10.2. The molecular formula is C8H6N4O. The zero-order chi connectivity index (χ0) is 9.42. The summed E-state index contributed by atoms with van der Waals surface area (Å²) in [6.07, 6.45) is 1.49. The van der Waals surface area contributed by atoms with Gasteiger partial charge in [-0.1, -0.05) is 0 Å². The van der Waals surface area contributed by atoms with Gasteiger partial charge in [0, 0.05) is 6.20 Å². The first-order chi connectivity index (χ1) is 6.24. The van der Waals surface area contributed by atoms with E-state index in [2.05, 4.69) is 4.98 Å². The summed E-state index contributed by atoms with van der Waals surface area (Å²) in [5, 5.41) is 9.31. The Bertz CT molecular complexity index is 509. The highest BCUT2D eigenvalue weighted by Crippen LogP contribution is 2.30. The van der Waals surface area contributed by atoms with Crippen LogP contribution in [-0.2, 0) is 0 Å². The third-order valence-electron chi connectivity index (χ3n) is 1.78. The van der Waals surface area contributed by atoms with Crippen LogP contribution in [-0.4, -0.2) is 4.98 Å². The van der Waals surface area contributed by atoms with Gasteiger partial charge >= 0.3 is 0 Å². The molecule has 0 aromatic carbocycles. The molecule has 0 aliphatic carbocycles. The fourth-order valence-corrected chi connectivity index (χ4v) is 1.14. The fourth-order valence-electron chi connectivity index (χ4n) is 1.14. The van der Waals surface area contributed by atoms with E-state index in [1.165, 1.54) is 6.20 Å². The van der Waals surface area contributed by atoms with Crippen molar-refractivity contribution in [1.29, 1.82) is 5.26 Å². The van der Waals surface area contributed by atoms with Crippen LogP contribution in [0.25, 0.3) is 11.0 Å². The van der Waals surface area contributed by atoms with Crippen LogP contribution in [0.4, 0.5) is 11.6 Å². The topological polar surface area (TPSA) is 102 Å². The van der Waals surface area contributed by atoms with E-state index in [1.54, 1.807) is 6.07 Å². The quantitative estimate of drug-likeness (QED) is 0.616. The van der Waals surface area contributed by atoms with Crippen LogP contribution in [0.3, 0.4) is 0 Å². The summed E-state index contributed by atoms with van der Waals surface area (Å²) < 4.78 is 5.09. The fraction of sp³-hybridized carbons (Fsp3) is 0. The maximum absolute atomic E-state index is 8.68. The number of hydrogen-bond acceptors (Lipinski definition) is 5. The highest BCUT2D eigenvalue weighted by Gasteiger charge is 2.12. The van der Waals surface area contributed by atoms with Gasteiger partial charge in [-0.15, -0.1) is 0 Å². The van der Waals surface area contributed by atoms with Crippen molar-refractivity contribution in [3.05, 3.63) is 18.0 Å². The number of aromatic nitrogens is 1. The molecule has 0 radical (unpaired) electrons. The molecule has 0 saturated heterocycles. The molecule has 13 heavy (non-hydrogen) atoms. The Morgan fingerprint density at radius 1 is 1.46 bits per heavy atom. The van der Waals surface area contributed by atoms with Crippen molar-refractivity contribution >= 4 is 22.5 Å². The molecular weight excluding hydrogens is 168 g/mol. The number of furan rings is 1. The highest BCUT2D eigenvalue weighted by molar-refractivity contribution is 5.96. The first-order valence-corrected chi connectivity index (χ1v) is 3.56. The van der Waals surface area contributed by atoms with Crippen molar-refractivity contribution in [3.63, 3.8) is 0 Å². The number of pyridine rings is 1. The van der Waals surface area contributed by atoms with E-state index >= 15 is 0 Å². The van der Waals surface area contributed by atoms with Gasteiger partial charge in [0.2, 0.25) is 5.88 Å². The molecule has 2 aromatic heterocycles. The molecule has 2 aromatic rings. The van der Waals surface area contributed by atoms with Crippen molar-refractivity contribution in [2.24, 2.45) is 0 Å². The number of nitrogen functional groups attached to an aromatic ring is 2. The average molecular weight is 174 g/mol. The third-order valence-corrected chi connectivity index (χ3v) is 1.78. The Kier molecular flexibility index (Phi) is 1.36. The minimum absolute atomic E-state index is 0.125. The zero-order valence-corrected chi connectivity index (χ0v) is 6.61. The minimum atomic E-state index is 0.125. The second-order valence-electron chi connectivity index (χ2n) is 2.53. The van der Waals surface area contributed by atoms with Crippen molar-refractivity contribution in [2.45, 2.75) is 0 Å². The van der Waals surface area contributed by atoms with Crippen molar-refractivity contribution in [3.8, 4) is 6.07 Å². The summed E-state index contributed by atoms with van der Waals surface area (Å²) in [7, 11) is 0. The van der Waals surface area contributed by atoms with Gasteiger partial charge in [0.1, 0.15) is 11.8 Å². The number of fused-ring (bicyclic) bond motifs is 1. The van der Waals surface area contributed by atoms with Gasteiger partial charge < -0.3 is 15.9 Å². The lowest BCUT2D eigenvalue weighted by molar-refractivity contribution is 0.635. The van der Waals surface area contributed by atoms with E-state index in [0.717, 1.165) is 0 Å². The van der Waals surface area contributed by atoms with E-state index in [0.29, 0.717) is 16.7 Å². The zero-order valence-electron chi connectivity index (χ0n) is 6.61. The second kappa shape index (κ2) is 2.38. The van der Waals surface area contributed by atoms with Gasteiger partial charge in [0.15, 0.2) is 11.3 Å². The molecule has 0 saturated carbocycles. The van der Waals surface area contributed by atoms with Crippen LogP contribution in [0.5, 0.6) is 0 Å². The Labute approximate surface area is 73.6 Å². The molecule has 0 aliphatic rings. The Morgan fingerprint density at radius 3 is 2.92 bits per heavy atom. The average Bonchev–Trinajstić information content (AvgIpc) is 2.43. The molecule has 64 valence electrons. The van der Waals surface area contributed by atoms with Gasteiger partial charge in [-0.05, 0) is 6.07 Å². The summed E-state index contributed by atoms with van der Waals surface area (Å²) in [5.74, 6) is 0.125. The number of hydrogen-bond donors (Lipinski definition) is 2. The monoisotopic (exact) mass is 174 g/mol. The number of nitrogens with two attached hydrogens (primary N) is 2. The predicted molar refractivity (Wildman–Crippen MR) is 47.5 cm³/mol.